The van der Waals surface area contributed by atoms with Crippen LogP contribution < -0.4 is 4.74 Å². The summed E-state index contributed by atoms with van der Waals surface area (Å²) < 4.78 is 88.6. The summed E-state index contributed by atoms with van der Waals surface area (Å²) >= 11 is 0. The van der Waals surface area contributed by atoms with Gasteiger partial charge in [-0.25, -0.2) is 30.8 Å². The number of rotatable bonds is 11. The fourth-order valence-electron chi connectivity index (χ4n) is 3.73. The van der Waals surface area contributed by atoms with E-state index in [9.17, 15) is 30.8 Å². The van der Waals surface area contributed by atoms with Gasteiger partial charge in [-0.05, 0) is 54.4 Å². The quantitative estimate of drug-likeness (QED) is 0.229. The Labute approximate surface area is 217 Å². The van der Waals surface area contributed by atoms with Gasteiger partial charge < -0.3 is 9.84 Å². The molecule has 0 spiro atoms. The first-order valence-electron chi connectivity index (χ1n) is 11.3. The number of ether oxygens (including phenoxy) is 1. The van der Waals surface area contributed by atoms with Gasteiger partial charge in [0.2, 0.25) is 10.0 Å². The van der Waals surface area contributed by atoms with Gasteiger partial charge in [0, 0.05) is 30.6 Å². The number of alkyl halides is 2. The van der Waals surface area contributed by atoms with Crippen LogP contribution in [0.15, 0.2) is 78.2 Å². The molecule has 38 heavy (non-hydrogen) atoms. The van der Waals surface area contributed by atoms with E-state index in [-0.39, 0.29) is 22.4 Å². The largest absolute Gasteiger partial charge is 0.481 e. The summed E-state index contributed by atoms with van der Waals surface area (Å²) in [7, 11) is -3.00. The van der Waals surface area contributed by atoms with E-state index in [1.807, 2.05) is 0 Å². The summed E-state index contributed by atoms with van der Waals surface area (Å²) in [5, 5.41) is 9.04. The maximum Gasteiger partial charge on any atom is 0.341 e. The molecule has 3 aromatic rings. The average molecular weight is 552 g/mol. The van der Waals surface area contributed by atoms with E-state index in [4.69, 9.17) is 9.84 Å². The fraction of sp³-hybridized carbons (Fsp3) is 0.222. The van der Waals surface area contributed by atoms with Crippen LogP contribution in [0.2, 0.25) is 0 Å². The van der Waals surface area contributed by atoms with Gasteiger partial charge in [0.1, 0.15) is 5.75 Å². The molecule has 0 aliphatic heterocycles. The highest BCUT2D eigenvalue weighted by Gasteiger charge is 2.31. The van der Waals surface area contributed by atoms with Crippen molar-refractivity contribution in [2.45, 2.75) is 30.2 Å². The lowest BCUT2D eigenvalue weighted by Crippen LogP contribution is -2.30. The fourth-order valence-corrected chi connectivity index (χ4v) is 5.10. The van der Waals surface area contributed by atoms with Crippen molar-refractivity contribution < 1.29 is 40.6 Å². The molecule has 11 heteroatoms. The Kier molecular flexibility index (Phi) is 8.63. The van der Waals surface area contributed by atoms with Crippen LogP contribution in [0.25, 0.3) is 11.1 Å². The van der Waals surface area contributed by atoms with Gasteiger partial charge >= 0.3 is 5.97 Å². The van der Waals surface area contributed by atoms with Crippen molar-refractivity contribution in [3.8, 4) is 16.9 Å². The van der Waals surface area contributed by atoms with Gasteiger partial charge in [0.15, 0.2) is 18.2 Å². The van der Waals surface area contributed by atoms with E-state index < -0.39 is 57.5 Å². The Morgan fingerprint density at radius 3 is 2.45 bits per heavy atom. The Hall–Kier alpha value is -3.70. The van der Waals surface area contributed by atoms with Crippen molar-refractivity contribution in [1.82, 2.24) is 4.31 Å². The number of halogens is 4. The molecule has 1 atom stereocenters. The van der Waals surface area contributed by atoms with Gasteiger partial charge in [0.25, 0.3) is 5.92 Å². The molecular formula is C27H25F4NO5S. The molecule has 0 aliphatic carbocycles. The third-order valence-electron chi connectivity index (χ3n) is 5.95. The molecule has 0 aromatic heterocycles. The second-order valence-corrected chi connectivity index (χ2v) is 10.5. The highest BCUT2D eigenvalue weighted by molar-refractivity contribution is 7.89. The van der Waals surface area contributed by atoms with Gasteiger partial charge in [-0.15, -0.1) is 6.58 Å². The molecule has 6 nitrogen and oxygen atoms in total. The van der Waals surface area contributed by atoms with Crippen molar-refractivity contribution in [3.63, 3.8) is 0 Å². The third-order valence-corrected chi connectivity index (χ3v) is 7.87. The molecule has 1 unspecified atom stereocenters. The van der Waals surface area contributed by atoms with Gasteiger partial charge in [-0.2, -0.15) is 4.31 Å². The molecule has 0 radical (unpaired) electrons. The summed E-state index contributed by atoms with van der Waals surface area (Å²) in [4.78, 5) is 10.6. The number of nitrogens with zero attached hydrogens (tertiary/aromatic N) is 1. The molecule has 0 fully saturated rings. The van der Waals surface area contributed by atoms with Crippen LogP contribution in [0.1, 0.15) is 30.5 Å². The predicted molar refractivity (Wildman–Crippen MR) is 133 cm³/mol. The van der Waals surface area contributed by atoms with Crippen LogP contribution in [0.5, 0.6) is 5.75 Å². The molecule has 3 rings (SSSR count). The number of hydrogen-bond donors (Lipinski definition) is 1. The predicted octanol–water partition coefficient (Wildman–Crippen LogP) is 6.14. The first kappa shape index (κ1) is 28.9. The summed E-state index contributed by atoms with van der Waals surface area (Å²) in [6.45, 7) is 4.21. The van der Waals surface area contributed by atoms with E-state index in [2.05, 4.69) is 6.58 Å². The number of benzene rings is 3. The third kappa shape index (κ3) is 6.22. The Morgan fingerprint density at radius 2 is 1.82 bits per heavy atom. The smallest absolute Gasteiger partial charge is 0.341 e. The van der Waals surface area contributed by atoms with E-state index >= 15 is 0 Å². The minimum Gasteiger partial charge on any atom is -0.481 e. The molecule has 3 aromatic carbocycles. The molecule has 0 saturated carbocycles. The number of allylic oxidation sites excluding steroid dienone is 1. The standard InChI is InChI=1S/C27H25F4NO5S/c1-4-12-27(30,31)20-7-5-6-19(13-20)22-14-18(8-11-25(22)37-16-26(33)34)17(2)32(3)38(35,36)21-9-10-23(28)24(29)15-21/h4-11,13-15,17H,1,12,16H2,2-3H3,(H,33,34). The topological polar surface area (TPSA) is 83.9 Å². The van der Waals surface area contributed by atoms with Crippen LogP contribution in [0.3, 0.4) is 0 Å². The molecule has 0 aliphatic rings. The monoisotopic (exact) mass is 551 g/mol. The summed E-state index contributed by atoms with van der Waals surface area (Å²) in [6, 6.07) is 11.2. The zero-order chi connectivity index (χ0) is 28.3. The zero-order valence-electron chi connectivity index (χ0n) is 20.5. The Morgan fingerprint density at radius 1 is 1.11 bits per heavy atom. The molecule has 0 saturated heterocycles. The normalized spacial score (nSPS) is 12.8. The summed E-state index contributed by atoms with van der Waals surface area (Å²) in [5.41, 5.74) is 0.646. The number of carboxylic acids is 1. The van der Waals surface area contributed by atoms with Crippen LogP contribution in [-0.4, -0.2) is 37.5 Å². The van der Waals surface area contributed by atoms with E-state index in [1.165, 1.54) is 49.5 Å². The van der Waals surface area contributed by atoms with Crippen molar-refractivity contribution in [2.24, 2.45) is 0 Å². The molecule has 0 heterocycles. The van der Waals surface area contributed by atoms with Crippen molar-refractivity contribution >= 4 is 16.0 Å². The van der Waals surface area contributed by atoms with Crippen LogP contribution in [0.4, 0.5) is 17.6 Å². The van der Waals surface area contributed by atoms with Gasteiger partial charge in [-0.3, -0.25) is 0 Å². The minimum atomic E-state index is -4.26. The van der Waals surface area contributed by atoms with Crippen molar-refractivity contribution in [1.29, 1.82) is 0 Å². The number of aliphatic carboxylic acids is 1. The lowest BCUT2D eigenvalue weighted by Gasteiger charge is -2.26. The van der Waals surface area contributed by atoms with E-state index in [1.54, 1.807) is 6.92 Å². The lowest BCUT2D eigenvalue weighted by atomic mass is 9.95. The highest BCUT2D eigenvalue weighted by Crippen LogP contribution is 2.38. The van der Waals surface area contributed by atoms with Crippen molar-refractivity contribution in [3.05, 3.63) is 96.1 Å². The van der Waals surface area contributed by atoms with Crippen LogP contribution in [0, 0.1) is 11.6 Å². The number of carboxylic acid groups (broad SMARTS) is 1. The van der Waals surface area contributed by atoms with Crippen LogP contribution in [-0.2, 0) is 20.7 Å². The number of carbonyl (C=O) groups is 1. The first-order chi connectivity index (χ1) is 17.8. The Balaban J connectivity index is 2.07. The zero-order valence-corrected chi connectivity index (χ0v) is 21.3. The highest BCUT2D eigenvalue weighted by atomic mass is 32.2. The molecule has 0 bridgehead atoms. The van der Waals surface area contributed by atoms with Crippen molar-refractivity contribution in [2.75, 3.05) is 13.7 Å². The molecule has 202 valence electrons. The van der Waals surface area contributed by atoms with Gasteiger partial charge in [0.05, 0.1) is 4.90 Å². The van der Waals surface area contributed by atoms with Gasteiger partial charge in [-0.1, -0.05) is 30.3 Å². The molecule has 0 amide bonds. The number of hydrogen-bond acceptors (Lipinski definition) is 4. The lowest BCUT2D eigenvalue weighted by molar-refractivity contribution is -0.139. The molecular weight excluding hydrogens is 526 g/mol. The van der Waals surface area contributed by atoms with E-state index in [0.717, 1.165) is 16.4 Å². The first-order valence-corrected chi connectivity index (χ1v) is 12.7. The van der Waals surface area contributed by atoms with Crippen LogP contribution >= 0.6 is 0 Å². The molecule has 1 N–H and O–H groups in total. The SMILES string of the molecule is C=CCC(F)(F)c1cccc(-c2cc(C(C)N(C)S(=O)(=O)c3ccc(F)c(F)c3)ccc2OCC(=O)O)c1. The number of sulfonamides is 1. The average Bonchev–Trinajstić information content (AvgIpc) is 2.88. The Bertz CT molecular complexity index is 1460. The summed E-state index contributed by atoms with van der Waals surface area (Å²) in [6.07, 6.45) is 0.502. The summed E-state index contributed by atoms with van der Waals surface area (Å²) in [5.74, 6) is -6.89. The second kappa shape index (κ2) is 11.4. The maximum absolute atomic E-state index is 14.6. The maximum atomic E-state index is 14.6. The second-order valence-electron chi connectivity index (χ2n) is 8.49. The minimum absolute atomic E-state index is 0.0821. The van der Waals surface area contributed by atoms with E-state index in [0.29, 0.717) is 17.7 Å².